The van der Waals surface area contributed by atoms with Crippen molar-refractivity contribution in [3.8, 4) is 0 Å². The van der Waals surface area contributed by atoms with Gasteiger partial charge in [0.2, 0.25) is 5.91 Å². The summed E-state index contributed by atoms with van der Waals surface area (Å²) in [7, 11) is 0. The van der Waals surface area contributed by atoms with Crippen LogP contribution in [0.2, 0.25) is 0 Å². The molecule has 1 fully saturated rings. The molecule has 0 radical (unpaired) electrons. The van der Waals surface area contributed by atoms with Crippen molar-refractivity contribution in [2.75, 3.05) is 31.5 Å². The molecule has 0 aromatic heterocycles. The predicted molar refractivity (Wildman–Crippen MR) is 108 cm³/mol. The molecule has 0 bridgehead atoms. The van der Waals surface area contributed by atoms with Gasteiger partial charge in [-0.1, -0.05) is 49.4 Å². The molecule has 3 amide bonds. The number of nitrogens with one attached hydrogen (secondary N) is 1. The van der Waals surface area contributed by atoms with Crippen molar-refractivity contribution in [2.45, 2.75) is 26.2 Å². The molecule has 0 atom stereocenters. The molecule has 3 rings (SSSR count). The van der Waals surface area contributed by atoms with E-state index in [1.54, 1.807) is 4.90 Å². The van der Waals surface area contributed by atoms with E-state index in [1.165, 1.54) is 11.1 Å². The minimum Gasteiger partial charge on any atom is -0.339 e. The largest absolute Gasteiger partial charge is 0.339 e. The molecule has 0 aliphatic carbocycles. The van der Waals surface area contributed by atoms with E-state index in [-0.39, 0.29) is 11.9 Å². The van der Waals surface area contributed by atoms with Gasteiger partial charge in [0.05, 0.1) is 0 Å². The summed E-state index contributed by atoms with van der Waals surface area (Å²) in [6, 6.07) is 17.8. The van der Waals surface area contributed by atoms with Crippen molar-refractivity contribution >= 4 is 17.6 Å². The summed E-state index contributed by atoms with van der Waals surface area (Å²) in [5, 5.41) is 2.90. The number of hydrogen-bond donors (Lipinski definition) is 1. The highest BCUT2D eigenvalue weighted by atomic mass is 16.2. The van der Waals surface area contributed by atoms with E-state index < -0.39 is 0 Å². The monoisotopic (exact) mass is 365 g/mol. The molecule has 1 saturated heterocycles. The number of benzene rings is 2. The van der Waals surface area contributed by atoms with Gasteiger partial charge in [-0.25, -0.2) is 4.79 Å². The maximum Gasteiger partial charge on any atom is 0.321 e. The molecule has 0 saturated carbocycles. The summed E-state index contributed by atoms with van der Waals surface area (Å²) >= 11 is 0. The maximum absolute atomic E-state index is 12.5. The highest BCUT2D eigenvalue weighted by Gasteiger charge is 2.23. The lowest BCUT2D eigenvalue weighted by molar-refractivity contribution is -0.132. The zero-order valence-corrected chi connectivity index (χ0v) is 15.9. The van der Waals surface area contributed by atoms with Gasteiger partial charge in [-0.05, 0) is 36.1 Å². The fourth-order valence-electron chi connectivity index (χ4n) is 3.23. The van der Waals surface area contributed by atoms with Crippen molar-refractivity contribution in [3.05, 3.63) is 65.7 Å². The van der Waals surface area contributed by atoms with Gasteiger partial charge in [-0.3, -0.25) is 4.79 Å². The van der Waals surface area contributed by atoms with Crippen molar-refractivity contribution in [3.63, 3.8) is 0 Å². The van der Waals surface area contributed by atoms with E-state index in [2.05, 4.69) is 36.5 Å². The van der Waals surface area contributed by atoms with Gasteiger partial charge in [0, 0.05) is 38.3 Å². The average molecular weight is 365 g/mol. The molecule has 0 unspecified atom stereocenters. The van der Waals surface area contributed by atoms with Crippen molar-refractivity contribution in [1.82, 2.24) is 9.80 Å². The molecule has 27 heavy (non-hydrogen) atoms. The number of piperazine rings is 1. The van der Waals surface area contributed by atoms with Crippen molar-refractivity contribution < 1.29 is 9.59 Å². The average Bonchev–Trinajstić information content (AvgIpc) is 2.73. The van der Waals surface area contributed by atoms with Crippen LogP contribution in [0.4, 0.5) is 10.5 Å². The summed E-state index contributed by atoms with van der Waals surface area (Å²) in [5.41, 5.74) is 3.30. The zero-order valence-electron chi connectivity index (χ0n) is 15.9. The van der Waals surface area contributed by atoms with Gasteiger partial charge in [-0.2, -0.15) is 0 Å². The Hall–Kier alpha value is -2.82. The normalized spacial score (nSPS) is 14.1. The van der Waals surface area contributed by atoms with E-state index >= 15 is 0 Å². The topological polar surface area (TPSA) is 52.7 Å². The van der Waals surface area contributed by atoms with E-state index in [4.69, 9.17) is 0 Å². The highest BCUT2D eigenvalue weighted by Crippen LogP contribution is 2.12. The highest BCUT2D eigenvalue weighted by molar-refractivity contribution is 5.89. The molecule has 1 aliphatic rings. The Labute approximate surface area is 161 Å². The lowest BCUT2D eigenvalue weighted by atomic mass is 10.1. The first-order valence-electron chi connectivity index (χ1n) is 9.62. The Kier molecular flexibility index (Phi) is 6.47. The third kappa shape index (κ3) is 5.33. The zero-order chi connectivity index (χ0) is 19.1. The van der Waals surface area contributed by atoms with Crippen LogP contribution in [0.1, 0.15) is 24.5 Å². The molecule has 1 heterocycles. The number of carbonyl (C=O) groups is 2. The predicted octanol–water partition coefficient (Wildman–Crippen LogP) is 3.56. The summed E-state index contributed by atoms with van der Waals surface area (Å²) in [6.45, 7) is 4.45. The minimum absolute atomic E-state index is 0.107. The minimum atomic E-state index is -0.107. The molecule has 5 nitrogen and oxygen atoms in total. The number of amides is 3. The van der Waals surface area contributed by atoms with E-state index in [1.807, 2.05) is 35.2 Å². The van der Waals surface area contributed by atoms with E-state index in [0.29, 0.717) is 32.6 Å². The molecule has 2 aromatic carbocycles. The number of carbonyl (C=O) groups excluding carboxylic acids is 2. The Morgan fingerprint density at radius 1 is 0.852 bits per heavy atom. The molecular formula is C22H27N3O2. The Bertz CT molecular complexity index is 751. The Morgan fingerprint density at radius 3 is 2.07 bits per heavy atom. The second-order valence-electron chi connectivity index (χ2n) is 6.83. The first-order valence-corrected chi connectivity index (χ1v) is 9.62. The number of urea groups is 1. The third-order valence-corrected chi connectivity index (χ3v) is 5.00. The molecular weight excluding hydrogens is 338 g/mol. The van der Waals surface area contributed by atoms with Crippen molar-refractivity contribution in [1.29, 1.82) is 0 Å². The van der Waals surface area contributed by atoms with Gasteiger partial charge in [-0.15, -0.1) is 0 Å². The van der Waals surface area contributed by atoms with Crippen LogP contribution in [-0.4, -0.2) is 47.9 Å². The summed E-state index contributed by atoms with van der Waals surface area (Å²) in [5.74, 6) is 0.165. The number of rotatable bonds is 5. The second kappa shape index (κ2) is 9.21. The Balaban J connectivity index is 1.42. The first kappa shape index (κ1) is 19.0. The van der Waals surface area contributed by atoms with Crippen LogP contribution >= 0.6 is 0 Å². The lowest BCUT2D eigenvalue weighted by Crippen LogP contribution is -2.51. The second-order valence-corrected chi connectivity index (χ2v) is 6.83. The van der Waals surface area contributed by atoms with Crippen LogP contribution in [0.3, 0.4) is 0 Å². The van der Waals surface area contributed by atoms with E-state index in [0.717, 1.165) is 18.5 Å². The number of hydrogen-bond acceptors (Lipinski definition) is 2. The lowest BCUT2D eigenvalue weighted by Gasteiger charge is -2.34. The fraction of sp³-hybridized carbons (Fsp3) is 0.364. The standard InChI is InChI=1S/C22H27N3O2/c1-2-18-8-10-19(11-9-18)12-13-21(26)24-14-16-25(17-15-24)22(27)23-20-6-4-3-5-7-20/h3-11H,2,12-17H2,1H3,(H,23,27). The van der Waals surface area contributed by atoms with E-state index in [9.17, 15) is 9.59 Å². The van der Waals surface area contributed by atoms with Crippen LogP contribution in [0, 0.1) is 0 Å². The molecule has 1 N–H and O–H groups in total. The van der Waals surface area contributed by atoms with Crippen LogP contribution in [0.5, 0.6) is 0 Å². The number of aryl methyl sites for hydroxylation is 2. The van der Waals surface area contributed by atoms with Gasteiger partial charge in [0.1, 0.15) is 0 Å². The van der Waals surface area contributed by atoms with Gasteiger partial charge in [0.15, 0.2) is 0 Å². The summed E-state index contributed by atoms with van der Waals surface area (Å²) in [4.78, 5) is 28.4. The summed E-state index contributed by atoms with van der Waals surface area (Å²) in [6.07, 6.45) is 2.31. The SMILES string of the molecule is CCc1ccc(CCC(=O)N2CCN(C(=O)Nc3ccccc3)CC2)cc1. The van der Waals surface area contributed by atoms with Gasteiger partial charge < -0.3 is 15.1 Å². The smallest absolute Gasteiger partial charge is 0.321 e. The van der Waals surface area contributed by atoms with Gasteiger partial charge in [0.25, 0.3) is 0 Å². The molecule has 2 aromatic rings. The van der Waals surface area contributed by atoms with Gasteiger partial charge >= 0.3 is 6.03 Å². The van der Waals surface area contributed by atoms with Crippen LogP contribution < -0.4 is 5.32 Å². The molecule has 0 spiro atoms. The maximum atomic E-state index is 12.5. The van der Waals surface area contributed by atoms with Crippen LogP contribution in [-0.2, 0) is 17.6 Å². The molecule has 1 aliphatic heterocycles. The molecule has 5 heteroatoms. The fourth-order valence-corrected chi connectivity index (χ4v) is 3.23. The summed E-state index contributed by atoms with van der Waals surface area (Å²) < 4.78 is 0. The first-order chi connectivity index (χ1) is 13.2. The third-order valence-electron chi connectivity index (χ3n) is 5.00. The number of anilines is 1. The van der Waals surface area contributed by atoms with Crippen molar-refractivity contribution in [2.24, 2.45) is 0 Å². The van der Waals surface area contributed by atoms with Crippen LogP contribution in [0.15, 0.2) is 54.6 Å². The quantitative estimate of drug-likeness (QED) is 0.881. The van der Waals surface area contributed by atoms with Crippen LogP contribution in [0.25, 0.3) is 0 Å². The molecule has 142 valence electrons. The Morgan fingerprint density at radius 2 is 1.44 bits per heavy atom. The number of para-hydroxylation sites is 1. The number of nitrogens with zero attached hydrogens (tertiary/aromatic N) is 2.